The van der Waals surface area contributed by atoms with Crippen LogP contribution in [0.1, 0.15) is 44.2 Å². The lowest BCUT2D eigenvalue weighted by atomic mass is 9.90. The Morgan fingerprint density at radius 3 is 2.23 bits per heavy atom. The van der Waals surface area contributed by atoms with Crippen molar-refractivity contribution in [1.82, 2.24) is 4.90 Å². The van der Waals surface area contributed by atoms with Crippen LogP contribution in [0, 0.1) is 12.8 Å². The molecular weight excluding hydrogens is 349 g/mol. The van der Waals surface area contributed by atoms with Crippen LogP contribution in [-0.4, -0.2) is 43.3 Å². The molecule has 26 heavy (non-hydrogen) atoms. The number of piperidine rings is 1. The van der Waals surface area contributed by atoms with E-state index < -0.39 is 7.60 Å². The van der Waals surface area contributed by atoms with Gasteiger partial charge in [0.25, 0.3) is 0 Å². The van der Waals surface area contributed by atoms with Crippen LogP contribution in [0.3, 0.4) is 0 Å². The molecule has 1 fully saturated rings. The molecule has 0 saturated carbocycles. The van der Waals surface area contributed by atoms with E-state index in [1.807, 2.05) is 4.90 Å². The summed E-state index contributed by atoms with van der Waals surface area (Å²) in [5.41, 5.74) is 2.67. The van der Waals surface area contributed by atoms with Gasteiger partial charge in [-0.25, -0.2) is 0 Å². The Labute approximate surface area is 157 Å². The van der Waals surface area contributed by atoms with Crippen molar-refractivity contribution in [3.8, 4) is 0 Å². The molecule has 1 saturated heterocycles. The predicted molar refractivity (Wildman–Crippen MR) is 105 cm³/mol. The molecule has 1 amide bonds. The highest BCUT2D eigenvalue weighted by Crippen LogP contribution is 2.48. The Bertz CT molecular complexity index is 599. The van der Waals surface area contributed by atoms with Gasteiger partial charge in [-0.2, -0.15) is 0 Å². The van der Waals surface area contributed by atoms with E-state index in [9.17, 15) is 9.36 Å². The second kappa shape index (κ2) is 10.2. The molecule has 0 radical (unpaired) electrons. The Hall–Kier alpha value is -1.16. The summed E-state index contributed by atoms with van der Waals surface area (Å²) in [4.78, 5) is 14.3. The Kier molecular flexibility index (Phi) is 8.33. The van der Waals surface area contributed by atoms with E-state index in [2.05, 4.69) is 31.2 Å². The van der Waals surface area contributed by atoms with Crippen molar-refractivity contribution in [2.75, 3.05) is 32.5 Å². The molecule has 0 unspecified atom stereocenters. The molecule has 1 aromatic rings. The minimum absolute atomic E-state index is 0.118. The molecule has 0 aliphatic carbocycles. The summed E-state index contributed by atoms with van der Waals surface area (Å²) < 4.78 is 23.0. The third-order valence-corrected chi connectivity index (χ3v) is 6.87. The number of benzene rings is 1. The van der Waals surface area contributed by atoms with E-state index in [1.54, 1.807) is 13.8 Å². The molecule has 1 aliphatic rings. The zero-order valence-corrected chi connectivity index (χ0v) is 17.2. The van der Waals surface area contributed by atoms with E-state index in [0.29, 0.717) is 5.92 Å². The lowest BCUT2D eigenvalue weighted by molar-refractivity contribution is -0.130. The minimum Gasteiger partial charge on any atom is -0.342 e. The second-order valence-corrected chi connectivity index (χ2v) is 9.01. The quantitative estimate of drug-likeness (QED) is 0.594. The first-order chi connectivity index (χ1) is 12.5. The van der Waals surface area contributed by atoms with Crippen LogP contribution in [0.25, 0.3) is 0 Å². The maximum absolute atomic E-state index is 12.5. The highest BCUT2D eigenvalue weighted by Gasteiger charge is 2.31. The Morgan fingerprint density at radius 1 is 1.12 bits per heavy atom. The number of likely N-dealkylation sites (tertiary alicyclic amines) is 1. The first-order valence-electron chi connectivity index (χ1n) is 9.67. The normalized spacial score (nSPS) is 16.0. The molecule has 1 aromatic carbocycles. The van der Waals surface area contributed by atoms with E-state index in [-0.39, 0.29) is 25.3 Å². The molecule has 1 aliphatic heterocycles. The van der Waals surface area contributed by atoms with Gasteiger partial charge in [0.1, 0.15) is 6.16 Å². The molecule has 0 N–H and O–H groups in total. The summed E-state index contributed by atoms with van der Waals surface area (Å²) in [6.07, 6.45) is 4.10. The Morgan fingerprint density at radius 2 is 1.69 bits per heavy atom. The molecule has 0 bridgehead atoms. The number of carbonyl (C=O) groups excluding carboxylic acids is 1. The van der Waals surface area contributed by atoms with E-state index >= 15 is 0 Å². The first kappa shape index (κ1) is 21.1. The third kappa shape index (κ3) is 6.53. The maximum Gasteiger partial charge on any atom is 0.340 e. The zero-order valence-electron chi connectivity index (χ0n) is 16.3. The second-order valence-electron chi connectivity index (χ2n) is 6.95. The van der Waals surface area contributed by atoms with Crippen molar-refractivity contribution in [2.24, 2.45) is 5.92 Å². The fourth-order valence-corrected chi connectivity index (χ4v) is 4.96. The molecule has 2 rings (SSSR count). The van der Waals surface area contributed by atoms with Crippen LogP contribution in [0.2, 0.25) is 0 Å². The van der Waals surface area contributed by atoms with Gasteiger partial charge in [0.2, 0.25) is 5.91 Å². The van der Waals surface area contributed by atoms with Crippen LogP contribution >= 0.6 is 7.60 Å². The van der Waals surface area contributed by atoms with Gasteiger partial charge >= 0.3 is 7.60 Å². The van der Waals surface area contributed by atoms with Crippen molar-refractivity contribution in [3.05, 3.63) is 35.4 Å². The van der Waals surface area contributed by atoms with Gasteiger partial charge in [-0.15, -0.1) is 0 Å². The number of amides is 1. The lowest BCUT2D eigenvalue weighted by Gasteiger charge is -2.32. The summed E-state index contributed by atoms with van der Waals surface area (Å²) in [7, 11) is -3.31. The fraction of sp³-hybridized carbons (Fsp3) is 0.650. The van der Waals surface area contributed by atoms with E-state index in [4.69, 9.17) is 9.05 Å². The standard InChI is InChI=1S/C20H32NO4P/c1-4-24-26(23,25-5-2)16-20(22)21-14-12-19(13-15-21)11-10-18-8-6-17(3)7-9-18/h6-9,19H,4-5,10-16H2,1-3H3. The largest absolute Gasteiger partial charge is 0.342 e. The van der Waals surface area contributed by atoms with Gasteiger partial charge in [0, 0.05) is 13.1 Å². The maximum atomic E-state index is 12.5. The smallest absolute Gasteiger partial charge is 0.340 e. The monoisotopic (exact) mass is 381 g/mol. The summed E-state index contributed by atoms with van der Waals surface area (Å²) in [5.74, 6) is 0.526. The first-order valence-corrected chi connectivity index (χ1v) is 11.4. The SMILES string of the molecule is CCOP(=O)(CC(=O)N1CCC(CCc2ccc(C)cc2)CC1)OCC. The molecule has 0 spiro atoms. The summed E-state index contributed by atoms with van der Waals surface area (Å²) >= 11 is 0. The third-order valence-electron chi connectivity index (χ3n) is 4.91. The van der Waals surface area contributed by atoms with Crippen LogP contribution < -0.4 is 0 Å². The molecule has 6 heteroatoms. The van der Waals surface area contributed by atoms with Gasteiger partial charge in [-0.3, -0.25) is 9.36 Å². The Balaban J connectivity index is 1.77. The highest BCUT2D eigenvalue weighted by molar-refractivity contribution is 7.54. The number of hydrogen-bond acceptors (Lipinski definition) is 4. The topological polar surface area (TPSA) is 55.8 Å². The number of rotatable bonds is 9. The lowest BCUT2D eigenvalue weighted by Crippen LogP contribution is -2.40. The summed E-state index contributed by atoms with van der Waals surface area (Å²) in [6.45, 7) is 7.65. The molecule has 1 heterocycles. The van der Waals surface area contributed by atoms with Crippen LogP contribution in [0.5, 0.6) is 0 Å². The van der Waals surface area contributed by atoms with Gasteiger partial charge in [-0.1, -0.05) is 29.8 Å². The number of aryl methyl sites for hydroxylation is 2. The van der Waals surface area contributed by atoms with Crippen molar-refractivity contribution >= 4 is 13.5 Å². The summed E-state index contributed by atoms with van der Waals surface area (Å²) in [5, 5.41) is 0. The van der Waals surface area contributed by atoms with Crippen molar-refractivity contribution in [1.29, 1.82) is 0 Å². The van der Waals surface area contributed by atoms with Crippen molar-refractivity contribution in [2.45, 2.75) is 46.5 Å². The van der Waals surface area contributed by atoms with Crippen molar-refractivity contribution < 1.29 is 18.4 Å². The van der Waals surface area contributed by atoms with Gasteiger partial charge in [-0.05, 0) is 57.9 Å². The van der Waals surface area contributed by atoms with Gasteiger partial charge < -0.3 is 13.9 Å². The predicted octanol–water partition coefficient (Wildman–Crippen LogP) is 4.43. The molecule has 146 valence electrons. The fourth-order valence-electron chi connectivity index (χ4n) is 3.38. The molecule has 5 nitrogen and oxygen atoms in total. The average Bonchev–Trinajstić information content (AvgIpc) is 2.62. The van der Waals surface area contributed by atoms with Crippen LogP contribution in [0.4, 0.5) is 0 Å². The van der Waals surface area contributed by atoms with Gasteiger partial charge in [0.05, 0.1) is 13.2 Å². The number of hydrogen-bond donors (Lipinski definition) is 0. The highest BCUT2D eigenvalue weighted by atomic mass is 31.2. The number of nitrogens with zero attached hydrogens (tertiary/aromatic N) is 1. The average molecular weight is 381 g/mol. The molecule has 0 atom stereocenters. The summed E-state index contributed by atoms with van der Waals surface area (Å²) in [6, 6.07) is 8.72. The van der Waals surface area contributed by atoms with E-state index in [1.165, 1.54) is 11.1 Å². The van der Waals surface area contributed by atoms with Crippen LogP contribution in [0.15, 0.2) is 24.3 Å². The van der Waals surface area contributed by atoms with Gasteiger partial charge in [0.15, 0.2) is 0 Å². The molecule has 0 aromatic heterocycles. The number of carbonyl (C=O) groups is 1. The zero-order chi connectivity index (χ0) is 19.0. The minimum atomic E-state index is -3.31. The van der Waals surface area contributed by atoms with Crippen LogP contribution in [-0.2, 0) is 24.8 Å². The molecular formula is C20H32NO4P. The van der Waals surface area contributed by atoms with E-state index in [0.717, 1.165) is 38.8 Å². The van der Waals surface area contributed by atoms with Crippen molar-refractivity contribution in [3.63, 3.8) is 0 Å².